The van der Waals surface area contributed by atoms with Crippen molar-refractivity contribution in [2.45, 2.75) is 17.9 Å². The zero-order valence-electron chi connectivity index (χ0n) is 9.17. The van der Waals surface area contributed by atoms with E-state index < -0.39 is 10.0 Å². The van der Waals surface area contributed by atoms with Crippen LogP contribution in [0.2, 0.25) is 0 Å². The van der Waals surface area contributed by atoms with Gasteiger partial charge in [-0.15, -0.1) is 0 Å². The quantitative estimate of drug-likeness (QED) is 0.801. The summed E-state index contributed by atoms with van der Waals surface area (Å²) in [5, 5.41) is 9.04. The van der Waals surface area contributed by atoms with Crippen LogP contribution in [0.15, 0.2) is 29.2 Å². The maximum Gasteiger partial charge on any atom is 0.240 e. The van der Waals surface area contributed by atoms with E-state index in [4.69, 9.17) is 9.84 Å². The summed E-state index contributed by atoms with van der Waals surface area (Å²) in [6.07, 6.45) is -0.188. The summed E-state index contributed by atoms with van der Waals surface area (Å²) < 4.78 is 30.8. The smallest absolute Gasteiger partial charge is 0.240 e. The van der Waals surface area contributed by atoms with Gasteiger partial charge in [0.1, 0.15) is 5.75 Å². The zero-order chi connectivity index (χ0) is 12.2. The van der Waals surface area contributed by atoms with E-state index in [0.717, 1.165) is 0 Å². The molecule has 0 bridgehead atoms. The number of hydrogen-bond acceptors (Lipinski definition) is 4. The lowest BCUT2D eigenvalue weighted by molar-refractivity contribution is 0.122. The van der Waals surface area contributed by atoms with Gasteiger partial charge in [0.2, 0.25) is 10.0 Å². The molecular weight excluding hydrogens is 230 g/mol. The Balaban J connectivity index is 2.74. The fourth-order valence-electron chi connectivity index (χ4n) is 1.02. The van der Waals surface area contributed by atoms with Crippen molar-refractivity contribution < 1.29 is 18.3 Å². The van der Waals surface area contributed by atoms with Crippen LogP contribution in [-0.2, 0) is 14.8 Å². The maximum absolute atomic E-state index is 11.7. The van der Waals surface area contributed by atoms with Gasteiger partial charge in [-0.25, -0.2) is 13.1 Å². The molecule has 0 heterocycles. The van der Waals surface area contributed by atoms with Gasteiger partial charge in [0.15, 0.2) is 0 Å². The fourth-order valence-corrected chi connectivity index (χ4v) is 2.13. The first-order chi connectivity index (χ1) is 7.45. The molecule has 0 saturated carbocycles. The molecule has 1 rings (SSSR count). The first-order valence-corrected chi connectivity index (χ1v) is 6.25. The van der Waals surface area contributed by atoms with Crippen molar-refractivity contribution in [2.24, 2.45) is 0 Å². The summed E-state index contributed by atoms with van der Waals surface area (Å²) in [4.78, 5) is 0.119. The number of phenolic OH excluding ortho intramolecular Hbond substituents is 1. The van der Waals surface area contributed by atoms with Gasteiger partial charge in [-0.3, -0.25) is 0 Å². The van der Waals surface area contributed by atoms with E-state index in [0.29, 0.717) is 0 Å². The first kappa shape index (κ1) is 13.0. The minimum Gasteiger partial charge on any atom is -0.508 e. The van der Waals surface area contributed by atoms with Crippen molar-refractivity contribution in [3.05, 3.63) is 24.3 Å². The highest BCUT2D eigenvalue weighted by atomic mass is 32.2. The summed E-state index contributed by atoms with van der Waals surface area (Å²) in [6, 6.07) is 5.34. The largest absolute Gasteiger partial charge is 0.508 e. The third-order valence-corrected chi connectivity index (χ3v) is 3.55. The highest BCUT2D eigenvalue weighted by molar-refractivity contribution is 7.89. The molecule has 0 aliphatic rings. The molecule has 90 valence electrons. The zero-order valence-corrected chi connectivity index (χ0v) is 9.99. The fraction of sp³-hybridized carbons (Fsp3) is 0.400. The number of sulfonamides is 1. The van der Waals surface area contributed by atoms with E-state index in [1.54, 1.807) is 6.92 Å². The molecule has 5 nitrogen and oxygen atoms in total. The third kappa shape index (κ3) is 3.48. The molecule has 1 unspecified atom stereocenters. The summed E-state index contributed by atoms with van der Waals surface area (Å²) in [7, 11) is -2.01. The summed E-state index contributed by atoms with van der Waals surface area (Å²) >= 11 is 0. The van der Waals surface area contributed by atoms with Gasteiger partial charge in [0.25, 0.3) is 0 Å². The van der Waals surface area contributed by atoms with E-state index in [1.165, 1.54) is 31.4 Å². The Morgan fingerprint density at radius 3 is 2.44 bits per heavy atom. The number of methoxy groups -OCH3 is 1. The highest BCUT2D eigenvalue weighted by Crippen LogP contribution is 2.13. The van der Waals surface area contributed by atoms with Crippen LogP contribution in [0, 0.1) is 0 Å². The SMILES string of the molecule is COC(C)CNS(=O)(=O)c1ccc(O)cc1. The van der Waals surface area contributed by atoms with E-state index in [9.17, 15) is 8.42 Å². The summed E-state index contributed by atoms with van der Waals surface area (Å²) in [5.41, 5.74) is 0. The van der Waals surface area contributed by atoms with Crippen molar-refractivity contribution in [1.82, 2.24) is 4.72 Å². The first-order valence-electron chi connectivity index (χ1n) is 4.77. The van der Waals surface area contributed by atoms with Gasteiger partial charge >= 0.3 is 0 Å². The molecule has 0 radical (unpaired) electrons. The van der Waals surface area contributed by atoms with Gasteiger partial charge in [0, 0.05) is 13.7 Å². The molecule has 0 aromatic heterocycles. The lowest BCUT2D eigenvalue weighted by Crippen LogP contribution is -2.31. The normalized spacial score (nSPS) is 13.6. The number of phenols is 1. The molecule has 6 heteroatoms. The molecule has 16 heavy (non-hydrogen) atoms. The van der Waals surface area contributed by atoms with Crippen LogP contribution in [0.5, 0.6) is 5.75 Å². The second-order valence-corrected chi connectivity index (χ2v) is 5.16. The van der Waals surface area contributed by atoms with Crippen LogP contribution in [0.4, 0.5) is 0 Å². The number of ether oxygens (including phenoxy) is 1. The topological polar surface area (TPSA) is 75.6 Å². The lowest BCUT2D eigenvalue weighted by Gasteiger charge is -2.11. The minimum atomic E-state index is -3.52. The predicted molar refractivity (Wildman–Crippen MR) is 59.8 cm³/mol. The van der Waals surface area contributed by atoms with Crippen molar-refractivity contribution in [3.63, 3.8) is 0 Å². The molecule has 0 fully saturated rings. The number of aromatic hydroxyl groups is 1. The summed E-state index contributed by atoms with van der Waals surface area (Å²) in [6.45, 7) is 1.97. The van der Waals surface area contributed by atoms with Gasteiger partial charge in [-0.1, -0.05) is 0 Å². The van der Waals surface area contributed by atoms with Gasteiger partial charge < -0.3 is 9.84 Å². The standard InChI is InChI=1S/C10H15NO4S/c1-8(15-2)7-11-16(13,14)10-5-3-9(12)4-6-10/h3-6,8,11-12H,7H2,1-2H3. The van der Waals surface area contributed by atoms with Crippen LogP contribution in [0.1, 0.15) is 6.92 Å². The van der Waals surface area contributed by atoms with E-state index >= 15 is 0 Å². The van der Waals surface area contributed by atoms with Crippen molar-refractivity contribution in [3.8, 4) is 5.75 Å². The maximum atomic E-state index is 11.7. The minimum absolute atomic E-state index is 0.0317. The molecule has 0 saturated heterocycles. The Bertz CT molecular complexity index is 427. The van der Waals surface area contributed by atoms with Crippen LogP contribution in [-0.4, -0.2) is 33.3 Å². The molecule has 0 amide bonds. The van der Waals surface area contributed by atoms with Gasteiger partial charge in [-0.05, 0) is 31.2 Å². The molecule has 1 atom stereocenters. The number of benzene rings is 1. The monoisotopic (exact) mass is 245 g/mol. The molecule has 0 spiro atoms. The second kappa shape index (κ2) is 5.29. The molecule has 2 N–H and O–H groups in total. The van der Waals surface area contributed by atoms with Crippen molar-refractivity contribution >= 4 is 10.0 Å². The van der Waals surface area contributed by atoms with Gasteiger partial charge in [0.05, 0.1) is 11.0 Å². The van der Waals surface area contributed by atoms with Crippen molar-refractivity contribution in [1.29, 1.82) is 0 Å². The number of nitrogens with one attached hydrogen (secondary N) is 1. The van der Waals surface area contributed by atoms with E-state index in [-0.39, 0.29) is 23.3 Å². The second-order valence-electron chi connectivity index (χ2n) is 3.39. The van der Waals surface area contributed by atoms with Crippen molar-refractivity contribution in [2.75, 3.05) is 13.7 Å². The van der Waals surface area contributed by atoms with Crippen LogP contribution in [0.25, 0.3) is 0 Å². The number of hydrogen-bond donors (Lipinski definition) is 2. The molecule has 0 aliphatic carbocycles. The Kier molecular flexibility index (Phi) is 4.28. The average molecular weight is 245 g/mol. The average Bonchev–Trinajstić information content (AvgIpc) is 2.26. The predicted octanol–water partition coefficient (Wildman–Crippen LogP) is 0.705. The number of rotatable bonds is 5. The van der Waals surface area contributed by atoms with Crippen LogP contribution < -0.4 is 4.72 Å². The van der Waals surface area contributed by atoms with E-state index in [1.807, 2.05) is 0 Å². The molecule has 1 aromatic rings. The molecule has 1 aromatic carbocycles. The Labute approximate surface area is 95.1 Å². The van der Waals surface area contributed by atoms with E-state index in [2.05, 4.69) is 4.72 Å². The summed E-state index contributed by atoms with van der Waals surface area (Å²) in [5.74, 6) is 0.0317. The molecule has 0 aliphatic heterocycles. The van der Waals surface area contributed by atoms with Crippen LogP contribution >= 0.6 is 0 Å². The molecular formula is C10H15NO4S. The van der Waals surface area contributed by atoms with Crippen LogP contribution in [0.3, 0.4) is 0 Å². The van der Waals surface area contributed by atoms with Gasteiger partial charge in [-0.2, -0.15) is 0 Å². The lowest BCUT2D eigenvalue weighted by atomic mass is 10.3. The Hall–Kier alpha value is -1.11. The highest BCUT2D eigenvalue weighted by Gasteiger charge is 2.14. The third-order valence-electron chi connectivity index (χ3n) is 2.11. The Morgan fingerprint density at radius 1 is 1.38 bits per heavy atom. The Morgan fingerprint density at radius 2 is 1.94 bits per heavy atom.